The molecule has 0 saturated heterocycles. The summed E-state index contributed by atoms with van der Waals surface area (Å²) >= 11 is 0. The smallest absolute Gasteiger partial charge is 0.0124 e. The van der Waals surface area contributed by atoms with E-state index in [1.807, 2.05) is 0 Å². The molecule has 2 nitrogen and oxygen atoms in total. The van der Waals surface area contributed by atoms with Crippen LogP contribution in [0.5, 0.6) is 0 Å². The largest absolute Gasteiger partial charge is 0.313 e. The van der Waals surface area contributed by atoms with E-state index in [2.05, 4.69) is 24.3 Å². The summed E-state index contributed by atoms with van der Waals surface area (Å²) in [6.45, 7) is 2.44. The number of nitrogens with one attached hydrogen (secondary N) is 1. The average Bonchev–Trinajstić information content (AvgIpc) is 2.99. The molecule has 2 fully saturated rings. The van der Waals surface area contributed by atoms with Crippen molar-refractivity contribution in [2.24, 2.45) is 11.8 Å². The highest BCUT2D eigenvalue weighted by atomic mass is 15.1. The summed E-state index contributed by atoms with van der Waals surface area (Å²) in [7, 11) is 4.30. The Hall–Kier alpha value is -0.0800. The maximum Gasteiger partial charge on any atom is 0.0124 e. The lowest BCUT2D eigenvalue weighted by molar-refractivity contribution is 0.366. The van der Waals surface area contributed by atoms with Gasteiger partial charge in [-0.15, -0.1) is 0 Å². The van der Waals surface area contributed by atoms with Crippen molar-refractivity contribution in [3.05, 3.63) is 0 Å². The first-order chi connectivity index (χ1) is 6.77. The monoisotopic (exact) mass is 196 g/mol. The minimum absolute atomic E-state index is 0.886. The van der Waals surface area contributed by atoms with E-state index in [4.69, 9.17) is 0 Å². The van der Waals surface area contributed by atoms with Gasteiger partial charge in [-0.3, -0.25) is 0 Å². The van der Waals surface area contributed by atoms with Crippen molar-refractivity contribution >= 4 is 0 Å². The summed E-state index contributed by atoms with van der Waals surface area (Å²) in [5.41, 5.74) is 0. The molecule has 2 saturated carbocycles. The second-order valence-corrected chi connectivity index (χ2v) is 5.31. The first-order valence-electron chi connectivity index (χ1n) is 6.15. The first kappa shape index (κ1) is 10.4. The molecule has 0 amide bonds. The lowest BCUT2D eigenvalue weighted by Gasteiger charge is -2.18. The molecule has 1 N–H and O–H groups in total. The highest BCUT2D eigenvalue weighted by Gasteiger charge is 2.40. The zero-order valence-corrected chi connectivity index (χ0v) is 9.63. The Morgan fingerprint density at radius 3 is 2.14 bits per heavy atom. The van der Waals surface area contributed by atoms with Crippen molar-refractivity contribution in [2.45, 2.75) is 38.1 Å². The van der Waals surface area contributed by atoms with Crippen molar-refractivity contribution < 1.29 is 0 Å². The minimum atomic E-state index is 0.886. The standard InChI is InChI=1S/C12H24N2/c1-14(2)9-3-8-13-12(10-4-5-10)11-6-7-11/h10-13H,3-9H2,1-2H3. The van der Waals surface area contributed by atoms with Gasteiger partial charge in [-0.25, -0.2) is 0 Å². The van der Waals surface area contributed by atoms with Crippen molar-refractivity contribution in [1.82, 2.24) is 10.2 Å². The third kappa shape index (κ3) is 3.25. The summed E-state index contributed by atoms with van der Waals surface area (Å²) in [4.78, 5) is 2.27. The van der Waals surface area contributed by atoms with Crippen molar-refractivity contribution in [3.63, 3.8) is 0 Å². The van der Waals surface area contributed by atoms with Gasteiger partial charge in [0, 0.05) is 6.04 Å². The molecule has 0 aromatic heterocycles. The fourth-order valence-corrected chi connectivity index (χ4v) is 2.29. The highest BCUT2D eigenvalue weighted by Crippen LogP contribution is 2.44. The molecule has 0 spiro atoms. The van der Waals surface area contributed by atoms with Crippen LogP contribution in [0.1, 0.15) is 32.1 Å². The van der Waals surface area contributed by atoms with E-state index in [0.717, 1.165) is 17.9 Å². The molecule has 0 aromatic rings. The molecular formula is C12H24N2. The predicted molar refractivity (Wildman–Crippen MR) is 60.4 cm³/mol. The molecule has 0 atom stereocenters. The summed E-state index contributed by atoms with van der Waals surface area (Å²) < 4.78 is 0. The van der Waals surface area contributed by atoms with Gasteiger partial charge >= 0.3 is 0 Å². The summed E-state index contributed by atoms with van der Waals surface area (Å²) in [6, 6.07) is 0.886. The molecule has 0 heterocycles. The second kappa shape index (κ2) is 4.63. The number of nitrogens with zero attached hydrogens (tertiary/aromatic N) is 1. The minimum Gasteiger partial charge on any atom is -0.313 e. The molecule has 82 valence electrons. The number of hydrogen-bond donors (Lipinski definition) is 1. The lowest BCUT2D eigenvalue weighted by Crippen LogP contribution is -2.34. The van der Waals surface area contributed by atoms with Gasteiger partial charge in [0.05, 0.1) is 0 Å². The molecule has 2 heteroatoms. The molecule has 2 rings (SSSR count). The van der Waals surface area contributed by atoms with Crippen LogP contribution >= 0.6 is 0 Å². The van der Waals surface area contributed by atoms with Gasteiger partial charge < -0.3 is 10.2 Å². The van der Waals surface area contributed by atoms with Crippen LogP contribution in [0.4, 0.5) is 0 Å². The van der Waals surface area contributed by atoms with Crippen LogP contribution in [0.15, 0.2) is 0 Å². The van der Waals surface area contributed by atoms with Crippen LogP contribution in [0.3, 0.4) is 0 Å². The van der Waals surface area contributed by atoms with E-state index in [-0.39, 0.29) is 0 Å². The Morgan fingerprint density at radius 2 is 1.71 bits per heavy atom. The van der Waals surface area contributed by atoms with E-state index in [1.165, 1.54) is 45.2 Å². The maximum absolute atomic E-state index is 3.77. The van der Waals surface area contributed by atoms with Crippen LogP contribution in [0.2, 0.25) is 0 Å². The maximum atomic E-state index is 3.77. The van der Waals surface area contributed by atoms with Gasteiger partial charge in [0.2, 0.25) is 0 Å². The van der Waals surface area contributed by atoms with Gasteiger partial charge in [-0.2, -0.15) is 0 Å². The molecular weight excluding hydrogens is 172 g/mol. The number of hydrogen-bond acceptors (Lipinski definition) is 2. The summed E-state index contributed by atoms with van der Waals surface area (Å²) in [6.07, 6.45) is 7.25. The third-order valence-corrected chi connectivity index (χ3v) is 3.42. The number of rotatable bonds is 7. The van der Waals surface area contributed by atoms with Crippen LogP contribution < -0.4 is 5.32 Å². The summed E-state index contributed by atoms with van der Waals surface area (Å²) in [5.74, 6) is 2.09. The summed E-state index contributed by atoms with van der Waals surface area (Å²) in [5, 5.41) is 3.77. The van der Waals surface area contributed by atoms with Gasteiger partial charge in [-0.05, 0) is 71.1 Å². The quantitative estimate of drug-likeness (QED) is 0.624. The van der Waals surface area contributed by atoms with E-state index in [0.29, 0.717) is 0 Å². The van der Waals surface area contributed by atoms with E-state index in [9.17, 15) is 0 Å². The lowest BCUT2D eigenvalue weighted by atomic mass is 10.1. The van der Waals surface area contributed by atoms with Crippen LogP contribution in [0, 0.1) is 11.8 Å². The van der Waals surface area contributed by atoms with E-state index >= 15 is 0 Å². The molecule has 2 aliphatic carbocycles. The van der Waals surface area contributed by atoms with E-state index in [1.54, 1.807) is 0 Å². The van der Waals surface area contributed by atoms with Crippen molar-refractivity contribution in [1.29, 1.82) is 0 Å². The molecule has 14 heavy (non-hydrogen) atoms. The molecule has 0 aromatic carbocycles. The first-order valence-corrected chi connectivity index (χ1v) is 6.15. The SMILES string of the molecule is CN(C)CCCNC(C1CC1)C1CC1. The molecule has 0 unspecified atom stereocenters. The average molecular weight is 196 g/mol. The van der Waals surface area contributed by atoms with Crippen LogP contribution in [-0.4, -0.2) is 38.1 Å². The Kier molecular flexibility index (Phi) is 3.45. The molecule has 0 aliphatic heterocycles. The Balaban J connectivity index is 1.57. The Bertz CT molecular complexity index is 159. The topological polar surface area (TPSA) is 15.3 Å². The normalized spacial score (nSPS) is 22.3. The zero-order valence-electron chi connectivity index (χ0n) is 9.63. The van der Waals surface area contributed by atoms with Crippen molar-refractivity contribution in [3.8, 4) is 0 Å². The predicted octanol–water partition coefficient (Wildman–Crippen LogP) is 1.72. The Labute approximate surface area is 88.1 Å². The van der Waals surface area contributed by atoms with Crippen LogP contribution in [-0.2, 0) is 0 Å². The van der Waals surface area contributed by atoms with Gasteiger partial charge in [-0.1, -0.05) is 0 Å². The molecule has 0 radical (unpaired) electrons. The van der Waals surface area contributed by atoms with Crippen LogP contribution in [0.25, 0.3) is 0 Å². The zero-order chi connectivity index (χ0) is 9.97. The van der Waals surface area contributed by atoms with Gasteiger partial charge in [0.1, 0.15) is 0 Å². The Morgan fingerprint density at radius 1 is 1.14 bits per heavy atom. The molecule has 0 bridgehead atoms. The fourth-order valence-electron chi connectivity index (χ4n) is 2.29. The second-order valence-electron chi connectivity index (χ2n) is 5.31. The van der Waals surface area contributed by atoms with Gasteiger partial charge in [0.15, 0.2) is 0 Å². The fraction of sp³-hybridized carbons (Fsp3) is 1.00. The van der Waals surface area contributed by atoms with Crippen molar-refractivity contribution in [2.75, 3.05) is 27.2 Å². The third-order valence-electron chi connectivity index (χ3n) is 3.42. The highest BCUT2D eigenvalue weighted by molar-refractivity contribution is 4.96. The molecule has 2 aliphatic rings. The van der Waals surface area contributed by atoms with E-state index < -0.39 is 0 Å². The van der Waals surface area contributed by atoms with Gasteiger partial charge in [0.25, 0.3) is 0 Å².